The van der Waals surface area contributed by atoms with E-state index in [-0.39, 0.29) is 6.04 Å². The molecule has 0 bridgehead atoms. The highest BCUT2D eigenvalue weighted by Gasteiger charge is 2.27. The Morgan fingerprint density at radius 1 is 0.960 bits per heavy atom. The number of carboxylic acid groups (broad SMARTS) is 1. The van der Waals surface area contributed by atoms with Crippen molar-refractivity contribution in [2.45, 2.75) is 19.1 Å². The molecule has 1 saturated heterocycles. The number of carbonyl (C=O) groups is 1. The lowest BCUT2D eigenvalue weighted by molar-refractivity contribution is 0.0636. The highest BCUT2D eigenvalue weighted by atomic mass is 16.4. The fourth-order valence-corrected chi connectivity index (χ4v) is 3.37. The molecular weight excluding hydrogens is 314 g/mol. The molecule has 25 heavy (non-hydrogen) atoms. The zero-order chi connectivity index (χ0) is 17.5. The summed E-state index contributed by atoms with van der Waals surface area (Å²) in [6.45, 7) is 5.00. The molecule has 0 spiro atoms. The monoisotopic (exact) mass is 339 g/mol. The zero-order valence-corrected chi connectivity index (χ0v) is 14.3. The van der Waals surface area contributed by atoms with E-state index >= 15 is 0 Å². The molecule has 1 fully saturated rings. The Hall–Kier alpha value is -2.37. The van der Waals surface area contributed by atoms with Gasteiger partial charge in [-0.1, -0.05) is 60.7 Å². The highest BCUT2D eigenvalue weighted by molar-refractivity contribution is 5.64. The Balaban J connectivity index is 1.64. The molecule has 3 rings (SSSR count). The summed E-state index contributed by atoms with van der Waals surface area (Å²) in [5.41, 5.74) is 2.56. The van der Waals surface area contributed by atoms with Crippen molar-refractivity contribution in [2.75, 3.05) is 26.2 Å². The first-order chi connectivity index (χ1) is 12.2. The molecule has 132 valence electrons. The summed E-state index contributed by atoms with van der Waals surface area (Å²) in [5, 5.41) is 11.5. The number of hydrogen-bond donors (Lipinski definition) is 2. The van der Waals surface area contributed by atoms with Crippen LogP contribution < -0.4 is 5.32 Å². The SMILES string of the molecule is O=C(O)NCC1CN(Cc2ccccc2)CCN1Cc1ccccc1. The first-order valence-electron chi connectivity index (χ1n) is 8.72. The van der Waals surface area contributed by atoms with Crippen LogP contribution in [0.15, 0.2) is 60.7 Å². The standard InChI is InChI=1S/C20H25N3O2/c24-20(25)21-13-19-16-22(14-17-7-3-1-4-8-17)11-12-23(19)15-18-9-5-2-6-10-18/h1-10,19,21H,11-16H2,(H,24,25). The van der Waals surface area contributed by atoms with E-state index in [1.165, 1.54) is 11.1 Å². The number of amides is 1. The minimum atomic E-state index is -0.958. The van der Waals surface area contributed by atoms with Crippen LogP contribution in [0, 0.1) is 0 Å². The van der Waals surface area contributed by atoms with E-state index in [0.29, 0.717) is 6.54 Å². The van der Waals surface area contributed by atoms with Gasteiger partial charge in [0.15, 0.2) is 0 Å². The Morgan fingerprint density at radius 2 is 1.56 bits per heavy atom. The van der Waals surface area contributed by atoms with Gasteiger partial charge in [-0.25, -0.2) is 4.79 Å². The van der Waals surface area contributed by atoms with E-state index < -0.39 is 6.09 Å². The van der Waals surface area contributed by atoms with Crippen molar-refractivity contribution in [3.8, 4) is 0 Å². The lowest BCUT2D eigenvalue weighted by Gasteiger charge is -2.41. The van der Waals surface area contributed by atoms with Gasteiger partial charge in [-0.3, -0.25) is 9.80 Å². The predicted octanol–water partition coefficient (Wildman–Crippen LogP) is 2.64. The summed E-state index contributed by atoms with van der Waals surface area (Å²) >= 11 is 0. The van der Waals surface area contributed by atoms with Crippen molar-refractivity contribution in [1.82, 2.24) is 15.1 Å². The van der Waals surface area contributed by atoms with Gasteiger partial charge in [-0.05, 0) is 11.1 Å². The molecule has 1 aliphatic rings. The van der Waals surface area contributed by atoms with Gasteiger partial charge in [0.2, 0.25) is 0 Å². The van der Waals surface area contributed by atoms with Gasteiger partial charge in [0, 0.05) is 45.3 Å². The van der Waals surface area contributed by atoms with Gasteiger partial charge in [-0.2, -0.15) is 0 Å². The van der Waals surface area contributed by atoms with E-state index in [1.54, 1.807) is 0 Å². The van der Waals surface area contributed by atoms with Crippen LogP contribution in [0.4, 0.5) is 4.79 Å². The molecule has 2 N–H and O–H groups in total. The summed E-state index contributed by atoms with van der Waals surface area (Å²) in [6, 6.07) is 21.0. The Labute approximate surface area is 148 Å². The van der Waals surface area contributed by atoms with Crippen LogP contribution in [0.25, 0.3) is 0 Å². The maximum Gasteiger partial charge on any atom is 0.404 e. The second-order valence-electron chi connectivity index (χ2n) is 6.52. The van der Waals surface area contributed by atoms with Crippen LogP contribution in [0.1, 0.15) is 11.1 Å². The quantitative estimate of drug-likeness (QED) is 0.849. The minimum absolute atomic E-state index is 0.175. The first-order valence-corrected chi connectivity index (χ1v) is 8.72. The van der Waals surface area contributed by atoms with Gasteiger partial charge in [0.05, 0.1) is 0 Å². The predicted molar refractivity (Wildman–Crippen MR) is 98.4 cm³/mol. The average molecular weight is 339 g/mol. The first kappa shape index (κ1) is 17.5. The molecule has 0 saturated carbocycles. The van der Waals surface area contributed by atoms with Crippen LogP contribution in [-0.2, 0) is 13.1 Å². The van der Waals surface area contributed by atoms with E-state index in [9.17, 15) is 4.79 Å². The van der Waals surface area contributed by atoms with Crippen LogP contribution in [-0.4, -0.2) is 53.2 Å². The molecule has 2 aromatic rings. The van der Waals surface area contributed by atoms with Gasteiger partial charge in [0.1, 0.15) is 0 Å². The number of benzene rings is 2. The molecule has 0 aromatic heterocycles. The van der Waals surface area contributed by atoms with Crippen LogP contribution in [0.3, 0.4) is 0 Å². The lowest BCUT2D eigenvalue weighted by atomic mass is 10.1. The third kappa shape index (κ3) is 5.31. The Morgan fingerprint density at radius 3 is 2.16 bits per heavy atom. The normalized spacial score (nSPS) is 18.8. The van der Waals surface area contributed by atoms with Crippen molar-refractivity contribution in [1.29, 1.82) is 0 Å². The highest BCUT2D eigenvalue weighted by Crippen LogP contribution is 2.16. The van der Waals surface area contributed by atoms with Crippen molar-refractivity contribution in [2.24, 2.45) is 0 Å². The Kier molecular flexibility index (Phi) is 6.04. The number of nitrogens with zero attached hydrogens (tertiary/aromatic N) is 2. The molecule has 0 radical (unpaired) electrons. The zero-order valence-electron chi connectivity index (χ0n) is 14.3. The van der Waals surface area contributed by atoms with Gasteiger partial charge in [0.25, 0.3) is 0 Å². The van der Waals surface area contributed by atoms with E-state index in [4.69, 9.17) is 5.11 Å². The summed E-state index contributed by atoms with van der Waals surface area (Å²) in [7, 11) is 0. The fourth-order valence-electron chi connectivity index (χ4n) is 3.37. The number of nitrogens with one attached hydrogen (secondary N) is 1. The number of piperazine rings is 1. The second-order valence-corrected chi connectivity index (χ2v) is 6.52. The molecular formula is C20H25N3O2. The summed E-state index contributed by atoms with van der Waals surface area (Å²) in [6.07, 6.45) is -0.958. The maximum absolute atomic E-state index is 10.9. The molecule has 1 amide bonds. The van der Waals surface area contributed by atoms with Crippen molar-refractivity contribution < 1.29 is 9.90 Å². The summed E-state index contributed by atoms with van der Waals surface area (Å²) in [5.74, 6) is 0. The third-order valence-corrected chi connectivity index (χ3v) is 4.66. The van der Waals surface area contributed by atoms with E-state index in [2.05, 4.69) is 51.5 Å². The van der Waals surface area contributed by atoms with Gasteiger partial charge < -0.3 is 10.4 Å². The van der Waals surface area contributed by atoms with Crippen LogP contribution in [0.5, 0.6) is 0 Å². The van der Waals surface area contributed by atoms with Gasteiger partial charge >= 0.3 is 6.09 Å². The van der Waals surface area contributed by atoms with Crippen molar-refractivity contribution in [3.05, 3.63) is 71.8 Å². The van der Waals surface area contributed by atoms with Crippen LogP contribution >= 0.6 is 0 Å². The molecule has 0 aliphatic carbocycles. The minimum Gasteiger partial charge on any atom is -0.465 e. The molecule has 1 unspecified atom stereocenters. The van der Waals surface area contributed by atoms with Crippen molar-refractivity contribution in [3.63, 3.8) is 0 Å². The molecule has 1 atom stereocenters. The number of rotatable bonds is 6. The van der Waals surface area contributed by atoms with Gasteiger partial charge in [-0.15, -0.1) is 0 Å². The molecule has 5 nitrogen and oxygen atoms in total. The topological polar surface area (TPSA) is 55.8 Å². The Bertz CT molecular complexity index is 663. The third-order valence-electron chi connectivity index (χ3n) is 4.66. The molecule has 1 aliphatic heterocycles. The number of hydrogen-bond acceptors (Lipinski definition) is 3. The van der Waals surface area contributed by atoms with Crippen LogP contribution in [0.2, 0.25) is 0 Å². The average Bonchev–Trinajstić information content (AvgIpc) is 2.63. The van der Waals surface area contributed by atoms with E-state index in [1.807, 2.05) is 24.3 Å². The van der Waals surface area contributed by atoms with E-state index in [0.717, 1.165) is 32.7 Å². The fraction of sp³-hybridized carbons (Fsp3) is 0.350. The molecule has 1 heterocycles. The molecule has 5 heteroatoms. The van der Waals surface area contributed by atoms with Crippen molar-refractivity contribution >= 4 is 6.09 Å². The largest absolute Gasteiger partial charge is 0.465 e. The summed E-state index contributed by atoms with van der Waals surface area (Å²) in [4.78, 5) is 15.7. The summed E-state index contributed by atoms with van der Waals surface area (Å²) < 4.78 is 0. The maximum atomic E-state index is 10.9. The smallest absolute Gasteiger partial charge is 0.404 e. The molecule has 2 aromatic carbocycles. The second kappa shape index (κ2) is 8.65. The lowest BCUT2D eigenvalue weighted by Crippen LogP contribution is -2.56.